The molecule has 0 bridgehead atoms. The largest absolute Gasteiger partial charge is 0.457 e. The van der Waals surface area contributed by atoms with Gasteiger partial charge in [-0.3, -0.25) is 0 Å². The molecule has 1 unspecified atom stereocenters. The van der Waals surface area contributed by atoms with Gasteiger partial charge in [-0.05, 0) is 37.8 Å². The smallest absolute Gasteiger partial charge is 0.374 e. The maximum atomic E-state index is 11.7. The number of hydrogen-bond donors (Lipinski definition) is 1. The second-order valence-corrected chi connectivity index (χ2v) is 5.33. The van der Waals surface area contributed by atoms with Gasteiger partial charge in [0.2, 0.25) is 5.76 Å². The van der Waals surface area contributed by atoms with E-state index in [-0.39, 0.29) is 17.8 Å². The minimum Gasteiger partial charge on any atom is -0.457 e. The summed E-state index contributed by atoms with van der Waals surface area (Å²) in [4.78, 5) is 13.2. The lowest BCUT2D eigenvalue weighted by Crippen LogP contribution is -3.14. The Labute approximate surface area is 108 Å². The first-order valence-electron chi connectivity index (χ1n) is 6.73. The number of ether oxygens (including phenoxy) is 1. The van der Waals surface area contributed by atoms with Gasteiger partial charge in [0.25, 0.3) is 0 Å². The Kier molecular flexibility index (Phi) is 4.42. The summed E-state index contributed by atoms with van der Waals surface area (Å²) in [7, 11) is 0. The average Bonchev–Trinajstić information content (AvgIpc) is 2.85. The minimum absolute atomic E-state index is 0.0639. The number of piperidine rings is 1. The van der Waals surface area contributed by atoms with Gasteiger partial charge in [-0.15, -0.1) is 0 Å². The first kappa shape index (κ1) is 13.1. The van der Waals surface area contributed by atoms with Crippen molar-refractivity contribution in [1.29, 1.82) is 0 Å². The zero-order chi connectivity index (χ0) is 13.0. The summed E-state index contributed by atoms with van der Waals surface area (Å²) in [5.74, 6) is 0.760. The van der Waals surface area contributed by atoms with E-state index in [4.69, 9.17) is 9.15 Å². The van der Waals surface area contributed by atoms with Crippen molar-refractivity contribution in [2.45, 2.75) is 32.8 Å². The lowest BCUT2D eigenvalue weighted by Gasteiger charge is -2.28. The average molecular weight is 252 g/mol. The van der Waals surface area contributed by atoms with E-state index in [1.165, 1.54) is 37.1 Å². The highest BCUT2D eigenvalue weighted by molar-refractivity contribution is 5.86. The molecular formula is C14H22NO3+. The molecular weight excluding hydrogens is 230 g/mol. The van der Waals surface area contributed by atoms with Crippen LogP contribution in [0.15, 0.2) is 22.8 Å². The van der Waals surface area contributed by atoms with Crippen LogP contribution < -0.4 is 4.90 Å². The van der Waals surface area contributed by atoms with Gasteiger partial charge in [0.15, 0.2) is 0 Å². The molecule has 0 aromatic carbocycles. The van der Waals surface area contributed by atoms with E-state index in [1.807, 2.05) is 6.92 Å². The molecule has 0 amide bonds. The molecule has 4 heteroatoms. The van der Waals surface area contributed by atoms with Crippen molar-refractivity contribution in [2.75, 3.05) is 19.6 Å². The summed E-state index contributed by atoms with van der Waals surface area (Å²) in [5, 5.41) is 0. The molecule has 2 rings (SSSR count). The zero-order valence-corrected chi connectivity index (χ0v) is 11.1. The summed E-state index contributed by atoms with van der Waals surface area (Å²) in [5.41, 5.74) is 0. The van der Waals surface area contributed by atoms with Crippen LogP contribution in [-0.2, 0) is 4.74 Å². The van der Waals surface area contributed by atoms with Crippen molar-refractivity contribution in [3.8, 4) is 0 Å². The molecule has 0 aliphatic carbocycles. The van der Waals surface area contributed by atoms with Gasteiger partial charge >= 0.3 is 5.97 Å². The Hall–Kier alpha value is -1.29. The molecule has 1 aromatic heterocycles. The molecule has 18 heavy (non-hydrogen) atoms. The van der Waals surface area contributed by atoms with Gasteiger partial charge in [0, 0.05) is 0 Å². The van der Waals surface area contributed by atoms with Crippen LogP contribution in [-0.4, -0.2) is 31.7 Å². The molecule has 1 saturated heterocycles. The van der Waals surface area contributed by atoms with Crippen LogP contribution in [0.3, 0.4) is 0 Å². The molecule has 1 aliphatic heterocycles. The molecule has 0 radical (unpaired) electrons. The summed E-state index contributed by atoms with van der Waals surface area (Å²) < 4.78 is 10.4. The minimum atomic E-state index is -0.364. The molecule has 0 saturated carbocycles. The Bertz CT molecular complexity index is 366. The fourth-order valence-electron chi connectivity index (χ4n) is 2.46. The lowest BCUT2D eigenvalue weighted by atomic mass is 9.99. The SMILES string of the molecule is CC1CC[NH+](CC(C)OC(=O)c2ccco2)CC1. The number of furan rings is 1. The van der Waals surface area contributed by atoms with E-state index in [0.29, 0.717) is 0 Å². The number of carbonyl (C=O) groups excluding carboxylic acids is 1. The van der Waals surface area contributed by atoms with Crippen molar-refractivity contribution in [3.63, 3.8) is 0 Å². The molecule has 1 fully saturated rings. The standard InChI is InChI=1S/C14H21NO3/c1-11-5-7-15(8-6-11)10-12(2)18-14(16)13-4-3-9-17-13/h3-4,9,11-12H,5-8,10H2,1-2H3/p+1. The third kappa shape index (κ3) is 3.60. The van der Waals surface area contributed by atoms with Gasteiger partial charge < -0.3 is 14.1 Å². The number of likely N-dealkylation sites (tertiary alicyclic amines) is 1. The fourth-order valence-corrected chi connectivity index (χ4v) is 2.46. The number of esters is 1. The number of carbonyl (C=O) groups is 1. The molecule has 1 N–H and O–H groups in total. The van der Waals surface area contributed by atoms with Crippen LogP contribution in [0, 0.1) is 5.92 Å². The van der Waals surface area contributed by atoms with Crippen LogP contribution in [0.4, 0.5) is 0 Å². The maximum Gasteiger partial charge on any atom is 0.374 e. The van der Waals surface area contributed by atoms with Gasteiger partial charge in [0.1, 0.15) is 12.6 Å². The zero-order valence-electron chi connectivity index (χ0n) is 11.1. The highest BCUT2D eigenvalue weighted by Crippen LogP contribution is 2.07. The quantitative estimate of drug-likeness (QED) is 0.817. The van der Waals surface area contributed by atoms with Crippen LogP contribution in [0.2, 0.25) is 0 Å². The highest BCUT2D eigenvalue weighted by Gasteiger charge is 2.23. The van der Waals surface area contributed by atoms with Crippen LogP contribution in [0.5, 0.6) is 0 Å². The van der Waals surface area contributed by atoms with Crippen LogP contribution in [0.25, 0.3) is 0 Å². The van der Waals surface area contributed by atoms with E-state index in [1.54, 1.807) is 12.1 Å². The third-order valence-electron chi connectivity index (χ3n) is 3.59. The van der Waals surface area contributed by atoms with Gasteiger partial charge in [-0.25, -0.2) is 4.79 Å². The van der Waals surface area contributed by atoms with Crippen molar-refractivity contribution >= 4 is 5.97 Å². The van der Waals surface area contributed by atoms with E-state index in [2.05, 4.69) is 6.92 Å². The summed E-state index contributed by atoms with van der Waals surface area (Å²) in [6, 6.07) is 3.32. The predicted octanol–water partition coefficient (Wildman–Crippen LogP) is 1.14. The van der Waals surface area contributed by atoms with Crippen LogP contribution >= 0.6 is 0 Å². The van der Waals surface area contributed by atoms with Crippen molar-refractivity contribution in [1.82, 2.24) is 0 Å². The van der Waals surface area contributed by atoms with E-state index < -0.39 is 0 Å². The summed E-state index contributed by atoms with van der Waals surface area (Å²) in [6.45, 7) is 7.51. The Balaban J connectivity index is 1.75. The lowest BCUT2D eigenvalue weighted by molar-refractivity contribution is -0.908. The van der Waals surface area contributed by atoms with Gasteiger partial charge in [-0.1, -0.05) is 6.92 Å². The fraction of sp³-hybridized carbons (Fsp3) is 0.643. The Morgan fingerprint density at radius 3 is 2.89 bits per heavy atom. The maximum absolute atomic E-state index is 11.7. The normalized spacial score (nSPS) is 25.7. The van der Waals surface area contributed by atoms with Crippen molar-refractivity contribution < 1.29 is 18.8 Å². The Morgan fingerprint density at radius 2 is 2.28 bits per heavy atom. The number of quaternary nitrogens is 1. The topological polar surface area (TPSA) is 43.9 Å². The molecule has 1 aliphatic rings. The van der Waals surface area contributed by atoms with Gasteiger partial charge in [-0.2, -0.15) is 0 Å². The summed E-state index contributed by atoms with van der Waals surface area (Å²) in [6.07, 6.45) is 3.96. The molecule has 4 nitrogen and oxygen atoms in total. The van der Waals surface area contributed by atoms with Crippen molar-refractivity contribution in [3.05, 3.63) is 24.2 Å². The number of rotatable bonds is 4. The second-order valence-electron chi connectivity index (χ2n) is 5.33. The summed E-state index contributed by atoms with van der Waals surface area (Å²) >= 11 is 0. The van der Waals surface area contributed by atoms with E-state index >= 15 is 0 Å². The Morgan fingerprint density at radius 1 is 1.56 bits per heavy atom. The highest BCUT2D eigenvalue weighted by atomic mass is 16.6. The van der Waals surface area contributed by atoms with E-state index in [9.17, 15) is 4.79 Å². The molecule has 2 heterocycles. The van der Waals surface area contributed by atoms with E-state index in [0.717, 1.165) is 12.5 Å². The number of nitrogens with one attached hydrogen (secondary N) is 1. The second kappa shape index (κ2) is 6.05. The first-order chi connectivity index (χ1) is 8.65. The number of hydrogen-bond acceptors (Lipinski definition) is 3. The first-order valence-corrected chi connectivity index (χ1v) is 6.73. The molecule has 1 atom stereocenters. The third-order valence-corrected chi connectivity index (χ3v) is 3.59. The monoisotopic (exact) mass is 252 g/mol. The van der Waals surface area contributed by atoms with Crippen molar-refractivity contribution in [2.24, 2.45) is 5.92 Å². The molecule has 0 spiro atoms. The molecule has 1 aromatic rings. The van der Waals surface area contributed by atoms with Gasteiger partial charge in [0.05, 0.1) is 19.4 Å². The predicted molar refractivity (Wildman–Crippen MR) is 67.5 cm³/mol. The van der Waals surface area contributed by atoms with Crippen LogP contribution in [0.1, 0.15) is 37.2 Å². The molecule has 100 valence electrons.